The molecule has 7 heteroatoms. The summed E-state index contributed by atoms with van der Waals surface area (Å²) in [5.74, 6) is -0.291. The third-order valence-corrected chi connectivity index (χ3v) is 3.56. The van der Waals surface area contributed by atoms with E-state index in [1.807, 2.05) is 6.92 Å². The van der Waals surface area contributed by atoms with Crippen molar-refractivity contribution in [2.24, 2.45) is 0 Å². The van der Waals surface area contributed by atoms with Crippen molar-refractivity contribution in [1.29, 1.82) is 0 Å². The first-order valence-corrected chi connectivity index (χ1v) is 6.75. The highest BCUT2D eigenvalue weighted by Gasteiger charge is 2.46. The summed E-state index contributed by atoms with van der Waals surface area (Å²) in [6.45, 7) is 3.67. The molecule has 1 N–H and O–H groups in total. The number of imide groups is 1. The van der Waals surface area contributed by atoms with Gasteiger partial charge >= 0.3 is 6.03 Å². The molecule has 1 saturated heterocycles. The molecule has 7 nitrogen and oxygen atoms in total. The molecule has 0 aromatic heterocycles. The Hall–Kier alpha value is -2.44. The van der Waals surface area contributed by atoms with Crippen LogP contribution in [-0.2, 0) is 11.3 Å². The van der Waals surface area contributed by atoms with Crippen molar-refractivity contribution >= 4 is 17.6 Å². The van der Waals surface area contributed by atoms with Crippen LogP contribution in [0.2, 0.25) is 0 Å². The van der Waals surface area contributed by atoms with Gasteiger partial charge in [-0.1, -0.05) is 25.5 Å². The van der Waals surface area contributed by atoms with Crippen molar-refractivity contribution in [3.8, 4) is 0 Å². The Morgan fingerprint density at radius 1 is 1.38 bits per heavy atom. The predicted octanol–water partition coefficient (Wildman–Crippen LogP) is 2.21. The van der Waals surface area contributed by atoms with Crippen LogP contribution >= 0.6 is 0 Å². The summed E-state index contributed by atoms with van der Waals surface area (Å²) >= 11 is 0. The topological polar surface area (TPSA) is 92.6 Å². The molecular weight excluding hydrogens is 274 g/mol. The number of carbonyl (C=O) groups is 2. The number of benzene rings is 1. The number of rotatable bonds is 5. The van der Waals surface area contributed by atoms with E-state index in [1.165, 1.54) is 18.2 Å². The van der Waals surface area contributed by atoms with E-state index in [9.17, 15) is 19.7 Å². The molecule has 1 aromatic carbocycles. The van der Waals surface area contributed by atoms with E-state index in [4.69, 9.17) is 0 Å². The molecule has 2 rings (SSSR count). The average molecular weight is 291 g/mol. The average Bonchev–Trinajstić information content (AvgIpc) is 2.63. The van der Waals surface area contributed by atoms with Crippen LogP contribution in [-0.4, -0.2) is 27.3 Å². The standard InChI is InChI=1S/C14H17N3O4/c1-3-7-14(2)12(18)16(13(19)15-14)9-10-5-4-6-11(8-10)17(20)21/h4-6,8H,3,7,9H2,1-2H3,(H,15,19). The number of non-ortho nitro benzene ring substituents is 1. The molecule has 1 atom stereocenters. The highest BCUT2D eigenvalue weighted by Crippen LogP contribution is 2.25. The number of hydrogen-bond acceptors (Lipinski definition) is 4. The first-order valence-electron chi connectivity index (χ1n) is 6.75. The van der Waals surface area contributed by atoms with Crippen LogP contribution in [0.1, 0.15) is 32.3 Å². The Balaban J connectivity index is 2.20. The second-order valence-corrected chi connectivity index (χ2v) is 5.33. The van der Waals surface area contributed by atoms with Gasteiger partial charge in [-0.2, -0.15) is 0 Å². The van der Waals surface area contributed by atoms with Gasteiger partial charge in [0.1, 0.15) is 5.54 Å². The first kappa shape index (κ1) is 15.0. The van der Waals surface area contributed by atoms with E-state index in [0.717, 1.165) is 11.3 Å². The van der Waals surface area contributed by atoms with Crippen LogP contribution in [0.3, 0.4) is 0 Å². The van der Waals surface area contributed by atoms with Crippen LogP contribution in [0.25, 0.3) is 0 Å². The van der Waals surface area contributed by atoms with Gasteiger partial charge in [-0.3, -0.25) is 19.8 Å². The Bertz CT molecular complexity index is 602. The zero-order chi connectivity index (χ0) is 15.6. The van der Waals surface area contributed by atoms with Crippen LogP contribution in [0.4, 0.5) is 10.5 Å². The van der Waals surface area contributed by atoms with Gasteiger partial charge in [0.25, 0.3) is 11.6 Å². The first-order chi connectivity index (χ1) is 9.87. The number of urea groups is 1. The van der Waals surface area contributed by atoms with E-state index in [-0.39, 0.29) is 18.1 Å². The van der Waals surface area contributed by atoms with Crippen molar-refractivity contribution in [1.82, 2.24) is 10.2 Å². The van der Waals surface area contributed by atoms with Crippen molar-refractivity contribution < 1.29 is 14.5 Å². The number of nitro benzene ring substituents is 1. The molecular formula is C14H17N3O4. The predicted molar refractivity (Wildman–Crippen MR) is 75.5 cm³/mol. The largest absolute Gasteiger partial charge is 0.325 e. The second-order valence-electron chi connectivity index (χ2n) is 5.33. The summed E-state index contributed by atoms with van der Waals surface area (Å²) in [6, 6.07) is 5.48. The van der Waals surface area contributed by atoms with Gasteiger partial charge in [0, 0.05) is 12.1 Å². The maximum atomic E-state index is 12.4. The Labute approximate surface area is 122 Å². The molecule has 0 aliphatic carbocycles. The molecule has 0 bridgehead atoms. The molecule has 1 aliphatic rings. The quantitative estimate of drug-likeness (QED) is 0.511. The van der Waals surface area contributed by atoms with Crippen LogP contribution in [0, 0.1) is 10.1 Å². The van der Waals surface area contributed by atoms with Gasteiger partial charge in [-0.05, 0) is 18.9 Å². The lowest BCUT2D eigenvalue weighted by molar-refractivity contribution is -0.384. The van der Waals surface area contributed by atoms with Crippen molar-refractivity contribution in [3.05, 3.63) is 39.9 Å². The van der Waals surface area contributed by atoms with Crippen LogP contribution in [0.5, 0.6) is 0 Å². The minimum atomic E-state index is -0.882. The highest BCUT2D eigenvalue weighted by molar-refractivity contribution is 6.06. The number of carbonyl (C=O) groups excluding carboxylic acids is 2. The number of nitro groups is 1. The zero-order valence-electron chi connectivity index (χ0n) is 12.0. The fraction of sp³-hybridized carbons (Fsp3) is 0.429. The molecule has 1 aromatic rings. The summed E-state index contributed by atoms with van der Waals surface area (Å²) in [5.41, 5.74) is -0.392. The number of amides is 3. The molecule has 21 heavy (non-hydrogen) atoms. The molecule has 1 heterocycles. The van der Waals surface area contributed by atoms with Crippen molar-refractivity contribution in [3.63, 3.8) is 0 Å². The molecule has 0 radical (unpaired) electrons. The van der Waals surface area contributed by atoms with E-state index in [2.05, 4.69) is 5.32 Å². The highest BCUT2D eigenvalue weighted by atomic mass is 16.6. The van der Waals surface area contributed by atoms with Gasteiger partial charge in [0.15, 0.2) is 0 Å². The Kier molecular flexibility index (Phi) is 3.93. The lowest BCUT2D eigenvalue weighted by Gasteiger charge is -2.20. The minimum absolute atomic E-state index is 0.0334. The third kappa shape index (κ3) is 2.86. The van der Waals surface area contributed by atoms with Gasteiger partial charge in [-0.25, -0.2) is 4.79 Å². The van der Waals surface area contributed by atoms with E-state index >= 15 is 0 Å². The van der Waals surface area contributed by atoms with E-state index in [1.54, 1.807) is 13.0 Å². The zero-order valence-corrected chi connectivity index (χ0v) is 12.0. The summed E-state index contributed by atoms with van der Waals surface area (Å²) in [5, 5.41) is 13.4. The molecule has 1 unspecified atom stereocenters. The summed E-state index contributed by atoms with van der Waals surface area (Å²) in [4.78, 5) is 35.7. The third-order valence-electron chi connectivity index (χ3n) is 3.56. The summed E-state index contributed by atoms with van der Waals surface area (Å²) < 4.78 is 0. The van der Waals surface area contributed by atoms with Gasteiger partial charge in [0.05, 0.1) is 11.5 Å². The number of nitrogens with zero attached hydrogens (tertiary/aromatic N) is 2. The molecule has 1 aliphatic heterocycles. The number of nitrogens with one attached hydrogen (secondary N) is 1. The Morgan fingerprint density at radius 2 is 2.10 bits per heavy atom. The SMILES string of the molecule is CCCC1(C)NC(=O)N(Cc2cccc([N+](=O)[O-])c2)C1=O. The second kappa shape index (κ2) is 5.51. The molecule has 3 amide bonds. The van der Waals surface area contributed by atoms with Gasteiger partial charge < -0.3 is 5.32 Å². The summed E-state index contributed by atoms with van der Waals surface area (Å²) in [6.07, 6.45) is 1.33. The van der Waals surface area contributed by atoms with Gasteiger partial charge in [0.2, 0.25) is 0 Å². The maximum Gasteiger partial charge on any atom is 0.325 e. The normalized spacial score (nSPS) is 21.5. The molecule has 0 spiro atoms. The van der Waals surface area contributed by atoms with Crippen molar-refractivity contribution in [2.75, 3.05) is 0 Å². The summed E-state index contributed by atoms with van der Waals surface area (Å²) in [7, 11) is 0. The monoisotopic (exact) mass is 291 g/mol. The van der Waals surface area contributed by atoms with E-state index < -0.39 is 16.5 Å². The lowest BCUT2D eigenvalue weighted by Crippen LogP contribution is -2.43. The smallest absolute Gasteiger partial charge is 0.323 e. The fourth-order valence-corrected chi connectivity index (χ4v) is 2.51. The van der Waals surface area contributed by atoms with Gasteiger partial charge in [-0.15, -0.1) is 0 Å². The van der Waals surface area contributed by atoms with Crippen LogP contribution in [0.15, 0.2) is 24.3 Å². The fourth-order valence-electron chi connectivity index (χ4n) is 2.51. The molecule has 112 valence electrons. The maximum absolute atomic E-state index is 12.4. The van der Waals surface area contributed by atoms with Crippen molar-refractivity contribution in [2.45, 2.75) is 38.8 Å². The number of hydrogen-bond donors (Lipinski definition) is 1. The molecule has 1 fully saturated rings. The van der Waals surface area contributed by atoms with E-state index in [0.29, 0.717) is 12.0 Å². The van der Waals surface area contributed by atoms with Crippen LogP contribution < -0.4 is 5.32 Å². The molecule has 0 saturated carbocycles. The Morgan fingerprint density at radius 3 is 2.71 bits per heavy atom. The lowest BCUT2D eigenvalue weighted by atomic mass is 9.96. The minimum Gasteiger partial charge on any atom is -0.323 e.